The van der Waals surface area contributed by atoms with Gasteiger partial charge in [-0.2, -0.15) is 0 Å². The maximum absolute atomic E-state index is 12.7. The first-order chi connectivity index (χ1) is 11.1. The minimum Gasteiger partial charge on any atom is -0.346 e. The molecule has 4 nitrogen and oxygen atoms in total. The molecule has 0 spiro atoms. The van der Waals surface area contributed by atoms with Crippen molar-refractivity contribution in [1.29, 1.82) is 0 Å². The molecule has 0 radical (unpaired) electrons. The number of piperidine rings is 3. The van der Waals surface area contributed by atoms with Crippen LogP contribution in [0.1, 0.15) is 37.2 Å². The molecule has 0 unspecified atom stereocenters. The quantitative estimate of drug-likeness (QED) is 0.928. The molecule has 1 atom stereocenters. The first-order valence-electron chi connectivity index (χ1n) is 8.46. The van der Waals surface area contributed by atoms with E-state index in [4.69, 9.17) is 0 Å². The van der Waals surface area contributed by atoms with Gasteiger partial charge in [-0.3, -0.25) is 14.7 Å². The molecule has 3 fully saturated rings. The number of aromatic nitrogens is 1. The summed E-state index contributed by atoms with van der Waals surface area (Å²) in [5, 5.41) is 5.40. The van der Waals surface area contributed by atoms with Crippen molar-refractivity contribution in [3.05, 3.63) is 42.2 Å². The molecule has 3 aliphatic heterocycles. The maximum Gasteiger partial charge on any atom is 0.270 e. The third-order valence-corrected chi connectivity index (χ3v) is 5.74. The minimum absolute atomic E-state index is 0.0215. The van der Waals surface area contributed by atoms with Gasteiger partial charge in [-0.15, -0.1) is 0 Å². The molecular weight excluding hydrogens is 286 g/mol. The Morgan fingerprint density at radius 1 is 1.22 bits per heavy atom. The van der Waals surface area contributed by atoms with Crippen molar-refractivity contribution in [2.75, 3.05) is 13.1 Å². The van der Waals surface area contributed by atoms with Crippen molar-refractivity contribution in [3.8, 4) is 0 Å². The minimum atomic E-state index is -0.0532. The van der Waals surface area contributed by atoms with Crippen LogP contribution in [-0.4, -0.2) is 40.5 Å². The number of carbonyl (C=O) groups is 1. The number of hydrogen-bond donors (Lipinski definition) is 1. The van der Waals surface area contributed by atoms with Gasteiger partial charge in [-0.05, 0) is 57.1 Å². The fourth-order valence-electron chi connectivity index (χ4n) is 4.30. The highest BCUT2D eigenvalue weighted by molar-refractivity contribution is 5.96. The van der Waals surface area contributed by atoms with Crippen molar-refractivity contribution < 1.29 is 4.79 Å². The molecule has 1 amide bonds. The molecule has 3 aliphatic rings. The fraction of sp³-hybridized carbons (Fsp3) is 0.474. The number of hydrogen-bond acceptors (Lipinski definition) is 3. The molecule has 2 aromatic rings. The highest BCUT2D eigenvalue weighted by Gasteiger charge is 2.48. The Morgan fingerprint density at radius 3 is 2.61 bits per heavy atom. The summed E-state index contributed by atoms with van der Waals surface area (Å²) in [6, 6.07) is 10.1. The molecule has 0 aliphatic carbocycles. The van der Waals surface area contributed by atoms with Gasteiger partial charge in [-0.1, -0.05) is 24.3 Å². The van der Waals surface area contributed by atoms with E-state index in [9.17, 15) is 4.79 Å². The average molecular weight is 309 g/mol. The Morgan fingerprint density at radius 2 is 1.91 bits per heavy atom. The third kappa shape index (κ3) is 2.41. The van der Waals surface area contributed by atoms with E-state index in [0.717, 1.165) is 23.9 Å². The normalized spacial score (nSPS) is 28.7. The summed E-state index contributed by atoms with van der Waals surface area (Å²) in [6.07, 6.45) is 4.14. The molecule has 4 heteroatoms. The number of carbonyl (C=O) groups excluding carboxylic acids is 1. The summed E-state index contributed by atoms with van der Waals surface area (Å²) >= 11 is 0. The van der Waals surface area contributed by atoms with Crippen LogP contribution in [0.15, 0.2) is 36.5 Å². The van der Waals surface area contributed by atoms with Crippen LogP contribution >= 0.6 is 0 Å². The number of nitrogens with zero attached hydrogens (tertiary/aromatic N) is 2. The predicted octanol–water partition coefficient (Wildman–Crippen LogP) is 2.84. The van der Waals surface area contributed by atoms with Gasteiger partial charge in [0.1, 0.15) is 5.69 Å². The van der Waals surface area contributed by atoms with E-state index < -0.39 is 0 Å². The predicted molar refractivity (Wildman–Crippen MR) is 91.4 cm³/mol. The van der Waals surface area contributed by atoms with E-state index in [1.54, 1.807) is 6.20 Å². The maximum atomic E-state index is 12.7. The lowest BCUT2D eigenvalue weighted by atomic mass is 9.72. The topological polar surface area (TPSA) is 45.2 Å². The van der Waals surface area contributed by atoms with E-state index in [2.05, 4.69) is 29.0 Å². The summed E-state index contributed by atoms with van der Waals surface area (Å²) in [7, 11) is 0. The van der Waals surface area contributed by atoms with Crippen molar-refractivity contribution in [3.63, 3.8) is 0 Å². The van der Waals surface area contributed by atoms with Gasteiger partial charge >= 0.3 is 0 Å². The largest absolute Gasteiger partial charge is 0.346 e. The number of amides is 1. The van der Waals surface area contributed by atoms with Crippen LogP contribution in [0.4, 0.5) is 0 Å². The summed E-state index contributed by atoms with van der Waals surface area (Å²) in [5.74, 6) is 0.530. The molecule has 23 heavy (non-hydrogen) atoms. The summed E-state index contributed by atoms with van der Waals surface area (Å²) in [4.78, 5) is 19.6. The van der Waals surface area contributed by atoms with Gasteiger partial charge in [0.25, 0.3) is 5.91 Å². The molecule has 1 N–H and O–H groups in total. The van der Waals surface area contributed by atoms with Crippen LogP contribution in [0.5, 0.6) is 0 Å². The van der Waals surface area contributed by atoms with Gasteiger partial charge in [0.15, 0.2) is 0 Å². The third-order valence-electron chi connectivity index (χ3n) is 5.74. The molecular formula is C19H23N3O. The molecule has 120 valence electrons. The average Bonchev–Trinajstić information content (AvgIpc) is 2.58. The van der Waals surface area contributed by atoms with Crippen LogP contribution in [-0.2, 0) is 0 Å². The zero-order valence-electron chi connectivity index (χ0n) is 13.7. The number of fused-ring (bicyclic) bond motifs is 4. The van der Waals surface area contributed by atoms with Crippen molar-refractivity contribution in [2.45, 2.75) is 38.3 Å². The number of benzene rings is 1. The van der Waals surface area contributed by atoms with Crippen molar-refractivity contribution >= 4 is 16.7 Å². The molecule has 2 bridgehead atoms. The molecule has 5 rings (SSSR count). The first-order valence-corrected chi connectivity index (χ1v) is 8.46. The fourth-order valence-corrected chi connectivity index (χ4v) is 4.30. The second-order valence-corrected chi connectivity index (χ2v) is 7.35. The van der Waals surface area contributed by atoms with Crippen LogP contribution in [0.2, 0.25) is 0 Å². The Hall–Kier alpha value is -1.94. The summed E-state index contributed by atoms with van der Waals surface area (Å²) < 4.78 is 0. The Balaban J connectivity index is 1.59. The first kappa shape index (κ1) is 14.6. The van der Waals surface area contributed by atoms with Crippen LogP contribution in [0.25, 0.3) is 10.8 Å². The van der Waals surface area contributed by atoms with Gasteiger partial charge in [0.05, 0.1) is 0 Å². The molecule has 1 aromatic carbocycles. The number of nitrogens with one attached hydrogen (secondary N) is 1. The van der Waals surface area contributed by atoms with Gasteiger partial charge in [0.2, 0.25) is 0 Å². The summed E-state index contributed by atoms with van der Waals surface area (Å²) in [6.45, 7) is 6.80. The van der Waals surface area contributed by atoms with Gasteiger partial charge < -0.3 is 5.32 Å². The lowest BCUT2D eigenvalue weighted by molar-refractivity contribution is -0.0378. The smallest absolute Gasteiger partial charge is 0.270 e. The number of rotatable bonds is 2. The Bertz CT molecular complexity index is 747. The second-order valence-electron chi connectivity index (χ2n) is 7.35. The van der Waals surface area contributed by atoms with Gasteiger partial charge in [0, 0.05) is 23.2 Å². The molecule has 3 saturated heterocycles. The van der Waals surface area contributed by atoms with E-state index in [0.29, 0.717) is 11.6 Å². The number of pyridine rings is 1. The van der Waals surface area contributed by atoms with E-state index >= 15 is 0 Å². The zero-order valence-corrected chi connectivity index (χ0v) is 13.7. The monoisotopic (exact) mass is 309 g/mol. The van der Waals surface area contributed by atoms with Crippen LogP contribution in [0.3, 0.4) is 0 Å². The molecule has 0 saturated carbocycles. The standard InChI is InChI=1S/C19H23N3O/c1-19(2)17(13-7-9-22(19)10-8-13)21-18(23)16-11-14-5-3-4-6-15(14)12-20-16/h3-6,11-13,17H,7-10H2,1-2H3,(H,21,23)/t17-/m0/s1. The van der Waals surface area contributed by atoms with E-state index in [1.807, 2.05) is 30.3 Å². The molecule has 1 aromatic heterocycles. The van der Waals surface area contributed by atoms with Crippen LogP contribution in [0, 0.1) is 5.92 Å². The van der Waals surface area contributed by atoms with E-state index in [-0.39, 0.29) is 17.5 Å². The Labute approximate surface area is 136 Å². The molecule has 4 heterocycles. The Kier molecular flexibility index (Phi) is 3.38. The highest BCUT2D eigenvalue weighted by Crippen LogP contribution is 2.39. The van der Waals surface area contributed by atoms with Crippen molar-refractivity contribution in [2.24, 2.45) is 5.92 Å². The lowest BCUT2D eigenvalue weighted by Gasteiger charge is -2.56. The SMILES string of the molecule is CC1(C)[C@@H](NC(=O)c2cc3ccccc3cn2)C2CCN1CC2. The zero-order chi connectivity index (χ0) is 16.0. The summed E-state index contributed by atoms with van der Waals surface area (Å²) in [5.41, 5.74) is 0.532. The lowest BCUT2D eigenvalue weighted by Crippen LogP contribution is -2.69. The van der Waals surface area contributed by atoms with Crippen molar-refractivity contribution in [1.82, 2.24) is 15.2 Å². The second kappa shape index (κ2) is 5.31. The highest BCUT2D eigenvalue weighted by atomic mass is 16.2. The van der Waals surface area contributed by atoms with E-state index in [1.165, 1.54) is 12.8 Å². The van der Waals surface area contributed by atoms with Crippen LogP contribution < -0.4 is 5.32 Å². The van der Waals surface area contributed by atoms with Gasteiger partial charge in [-0.25, -0.2) is 0 Å².